The molecular weight excluding hydrogens is 278 g/mol. The minimum atomic E-state index is -0.0254. The second-order valence-electron chi connectivity index (χ2n) is 5.65. The molecule has 0 unspecified atom stereocenters. The van der Waals surface area contributed by atoms with Gasteiger partial charge in [0.05, 0.1) is 13.0 Å². The topological polar surface area (TPSA) is 58.6 Å². The third-order valence-electron chi connectivity index (χ3n) is 4.03. The first-order chi connectivity index (χ1) is 10.6. The van der Waals surface area contributed by atoms with Crippen LogP contribution < -0.4 is 10.1 Å². The van der Waals surface area contributed by atoms with E-state index < -0.39 is 0 Å². The van der Waals surface area contributed by atoms with Gasteiger partial charge in [0.1, 0.15) is 11.5 Å². The Morgan fingerprint density at radius 2 is 2.00 bits per heavy atom. The molecule has 4 nitrogen and oxygen atoms in total. The lowest BCUT2D eigenvalue weighted by Crippen LogP contribution is -2.38. The Labute approximate surface area is 129 Å². The van der Waals surface area contributed by atoms with Gasteiger partial charge in [0.2, 0.25) is 5.91 Å². The summed E-state index contributed by atoms with van der Waals surface area (Å²) in [6.07, 6.45) is 0.305. The Morgan fingerprint density at radius 1 is 1.27 bits per heavy atom. The summed E-state index contributed by atoms with van der Waals surface area (Å²) in [5.74, 6) is 1.27. The van der Waals surface area contributed by atoms with Gasteiger partial charge in [0, 0.05) is 17.5 Å². The zero-order valence-corrected chi connectivity index (χ0v) is 12.5. The van der Waals surface area contributed by atoms with Gasteiger partial charge in [0.15, 0.2) is 0 Å². The van der Waals surface area contributed by atoms with Crippen LogP contribution in [0.1, 0.15) is 24.0 Å². The predicted octanol–water partition coefficient (Wildman–Crippen LogP) is 2.62. The smallest absolute Gasteiger partial charge is 0.224 e. The van der Waals surface area contributed by atoms with Crippen molar-refractivity contribution >= 4 is 5.91 Å². The van der Waals surface area contributed by atoms with Crippen LogP contribution in [0.5, 0.6) is 11.5 Å². The third kappa shape index (κ3) is 3.06. The summed E-state index contributed by atoms with van der Waals surface area (Å²) >= 11 is 0. The largest absolute Gasteiger partial charge is 0.508 e. The summed E-state index contributed by atoms with van der Waals surface area (Å²) in [6.45, 7) is 2.60. The standard InChI is InChI=1S/C18H19NO3/c1-12(16-11-22-17-5-3-2-4-15(16)17)19-18(21)10-13-6-8-14(20)9-7-13/h2-9,12,16,20H,10-11H2,1H3,(H,19,21)/t12-,16-/m1/s1. The fraction of sp³-hybridized carbons (Fsp3) is 0.278. The highest BCUT2D eigenvalue weighted by molar-refractivity contribution is 5.79. The minimum Gasteiger partial charge on any atom is -0.508 e. The molecule has 0 bridgehead atoms. The van der Waals surface area contributed by atoms with E-state index in [0.29, 0.717) is 13.0 Å². The molecular formula is C18H19NO3. The van der Waals surface area contributed by atoms with E-state index in [0.717, 1.165) is 16.9 Å². The van der Waals surface area contributed by atoms with Gasteiger partial charge in [-0.05, 0) is 30.7 Å². The summed E-state index contributed by atoms with van der Waals surface area (Å²) in [5, 5.41) is 12.3. The number of amides is 1. The van der Waals surface area contributed by atoms with Gasteiger partial charge in [0.25, 0.3) is 0 Å². The van der Waals surface area contributed by atoms with Crippen molar-refractivity contribution in [2.75, 3.05) is 6.61 Å². The highest BCUT2D eigenvalue weighted by atomic mass is 16.5. The molecule has 2 aromatic rings. The molecule has 0 aromatic heterocycles. The number of hydrogen-bond acceptors (Lipinski definition) is 3. The Hall–Kier alpha value is -2.49. The molecule has 4 heteroatoms. The van der Waals surface area contributed by atoms with Crippen molar-refractivity contribution in [2.45, 2.75) is 25.3 Å². The molecule has 1 heterocycles. The van der Waals surface area contributed by atoms with Crippen LogP contribution in [-0.2, 0) is 11.2 Å². The van der Waals surface area contributed by atoms with Crippen molar-refractivity contribution in [2.24, 2.45) is 0 Å². The van der Waals surface area contributed by atoms with Gasteiger partial charge >= 0.3 is 0 Å². The van der Waals surface area contributed by atoms with Crippen LogP contribution in [0.4, 0.5) is 0 Å². The van der Waals surface area contributed by atoms with Crippen molar-refractivity contribution in [1.82, 2.24) is 5.32 Å². The Morgan fingerprint density at radius 3 is 2.77 bits per heavy atom. The fourth-order valence-electron chi connectivity index (χ4n) is 2.81. The van der Waals surface area contributed by atoms with E-state index in [-0.39, 0.29) is 23.6 Å². The molecule has 114 valence electrons. The summed E-state index contributed by atoms with van der Waals surface area (Å²) < 4.78 is 5.67. The quantitative estimate of drug-likeness (QED) is 0.912. The lowest BCUT2D eigenvalue weighted by Gasteiger charge is -2.20. The van der Waals surface area contributed by atoms with E-state index >= 15 is 0 Å². The molecule has 1 amide bonds. The number of rotatable bonds is 4. The molecule has 0 radical (unpaired) electrons. The average molecular weight is 297 g/mol. The van der Waals surface area contributed by atoms with E-state index in [4.69, 9.17) is 4.74 Å². The van der Waals surface area contributed by atoms with E-state index in [1.807, 2.05) is 25.1 Å². The monoisotopic (exact) mass is 297 g/mol. The van der Waals surface area contributed by atoms with Gasteiger partial charge in [-0.15, -0.1) is 0 Å². The van der Waals surface area contributed by atoms with Crippen molar-refractivity contribution < 1.29 is 14.6 Å². The second kappa shape index (κ2) is 6.10. The molecule has 1 aliphatic rings. The van der Waals surface area contributed by atoms with Crippen molar-refractivity contribution in [3.8, 4) is 11.5 Å². The van der Waals surface area contributed by atoms with Gasteiger partial charge in [-0.3, -0.25) is 4.79 Å². The first-order valence-electron chi connectivity index (χ1n) is 7.42. The van der Waals surface area contributed by atoms with Crippen LogP contribution >= 0.6 is 0 Å². The van der Waals surface area contributed by atoms with Crippen molar-refractivity contribution in [3.63, 3.8) is 0 Å². The number of para-hydroxylation sites is 1. The first kappa shape index (κ1) is 14.4. The maximum absolute atomic E-state index is 12.2. The Balaban J connectivity index is 1.61. The van der Waals surface area contributed by atoms with Crippen LogP contribution in [0.3, 0.4) is 0 Å². The number of fused-ring (bicyclic) bond motifs is 1. The Kier molecular flexibility index (Phi) is 4.00. The van der Waals surface area contributed by atoms with Gasteiger partial charge in [-0.1, -0.05) is 30.3 Å². The number of phenolic OH excluding ortho intramolecular Hbond substituents is 1. The number of aromatic hydroxyl groups is 1. The van der Waals surface area contributed by atoms with Gasteiger partial charge < -0.3 is 15.2 Å². The molecule has 0 saturated carbocycles. The molecule has 2 atom stereocenters. The van der Waals surface area contributed by atoms with E-state index in [1.54, 1.807) is 24.3 Å². The van der Waals surface area contributed by atoms with Crippen molar-refractivity contribution in [3.05, 3.63) is 59.7 Å². The number of nitrogens with one attached hydrogen (secondary N) is 1. The van der Waals surface area contributed by atoms with E-state index in [1.165, 1.54) is 0 Å². The number of phenols is 1. The molecule has 0 saturated heterocycles. The maximum atomic E-state index is 12.2. The maximum Gasteiger partial charge on any atom is 0.224 e. The number of hydrogen-bond donors (Lipinski definition) is 2. The number of benzene rings is 2. The van der Waals surface area contributed by atoms with E-state index in [2.05, 4.69) is 11.4 Å². The minimum absolute atomic E-state index is 0.00765. The van der Waals surface area contributed by atoms with Crippen molar-refractivity contribution in [1.29, 1.82) is 0 Å². The van der Waals surface area contributed by atoms with Crippen LogP contribution in [0, 0.1) is 0 Å². The zero-order valence-electron chi connectivity index (χ0n) is 12.5. The summed E-state index contributed by atoms with van der Waals surface area (Å²) in [6, 6.07) is 14.7. The molecule has 22 heavy (non-hydrogen) atoms. The molecule has 1 aliphatic heterocycles. The van der Waals surface area contributed by atoms with Crippen LogP contribution in [0.25, 0.3) is 0 Å². The highest BCUT2D eigenvalue weighted by Crippen LogP contribution is 2.35. The van der Waals surface area contributed by atoms with Gasteiger partial charge in [-0.2, -0.15) is 0 Å². The van der Waals surface area contributed by atoms with Crippen LogP contribution in [-0.4, -0.2) is 23.7 Å². The molecule has 3 rings (SSSR count). The average Bonchev–Trinajstić information content (AvgIpc) is 2.93. The summed E-state index contributed by atoms with van der Waals surface area (Å²) in [5.41, 5.74) is 2.03. The summed E-state index contributed by atoms with van der Waals surface area (Å²) in [7, 11) is 0. The molecule has 2 aromatic carbocycles. The number of ether oxygens (including phenoxy) is 1. The highest BCUT2D eigenvalue weighted by Gasteiger charge is 2.29. The molecule has 0 aliphatic carbocycles. The lowest BCUT2D eigenvalue weighted by molar-refractivity contribution is -0.121. The van der Waals surface area contributed by atoms with Crippen LogP contribution in [0.2, 0.25) is 0 Å². The predicted molar refractivity (Wildman–Crippen MR) is 84.1 cm³/mol. The SMILES string of the molecule is C[C@@H](NC(=O)Cc1ccc(O)cc1)[C@H]1COc2ccccc21. The fourth-order valence-corrected chi connectivity index (χ4v) is 2.81. The molecule has 2 N–H and O–H groups in total. The third-order valence-corrected chi connectivity index (χ3v) is 4.03. The van der Waals surface area contributed by atoms with Gasteiger partial charge in [-0.25, -0.2) is 0 Å². The van der Waals surface area contributed by atoms with Crippen LogP contribution in [0.15, 0.2) is 48.5 Å². The number of carbonyl (C=O) groups excluding carboxylic acids is 1. The van der Waals surface area contributed by atoms with E-state index in [9.17, 15) is 9.90 Å². The number of carbonyl (C=O) groups is 1. The lowest BCUT2D eigenvalue weighted by atomic mass is 9.94. The Bertz CT molecular complexity index is 666. The zero-order chi connectivity index (χ0) is 15.5. The normalized spacial score (nSPS) is 17.4. The first-order valence-corrected chi connectivity index (χ1v) is 7.42. The molecule has 0 spiro atoms. The summed E-state index contributed by atoms with van der Waals surface area (Å²) in [4.78, 5) is 12.2. The second-order valence-corrected chi connectivity index (χ2v) is 5.65. The molecule has 0 fully saturated rings.